The smallest absolute Gasteiger partial charge is 0.394 e. The largest absolute Gasteiger partial charge is 0.472 e. The molecule has 2 aromatic rings. The maximum atomic E-state index is 12.6. The highest BCUT2D eigenvalue weighted by atomic mass is 32.2. The predicted molar refractivity (Wildman–Crippen MR) is 126 cm³/mol. The van der Waals surface area contributed by atoms with Gasteiger partial charge >= 0.3 is 19.2 Å². The monoisotopic (exact) mass is 547 g/mol. The fourth-order valence-electron chi connectivity index (χ4n) is 3.79. The number of phosphoric acid groups is 1. The summed E-state index contributed by atoms with van der Waals surface area (Å²) in [6, 6.07) is 1.50. The standard InChI is InChI=1S/C19H26N5O10PS/c1-10-5-24(19(28)22-17(10)26)15-4-12(13(7-25)33-15)34-35(29,30)31-8-16-32-11(9-36-16)6-23-3-2-14(20)21-18(23)27/h2-3,5,11-13,15-16,25H,4,6-9H2,1H3,(H,29,30)(H2,20,21,27)(H,22,26,28)/t11-,12-,13-,15-,16-/m1/s1. The van der Waals surface area contributed by atoms with Gasteiger partial charge in [0, 0.05) is 30.1 Å². The molecule has 4 rings (SSSR count). The molecule has 0 saturated carbocycles. The molecular formula is C19H26N5O10PS. The van der Waals surface area contributed by atoms with Crippen LogP contribution >= 0.6 is 19.6 Å². The number of hydrogen-bond acceptors (Lipinski definition) is 12. The number of H-pyrrole nitrogens is 1. The third-order valence-corrected chi connectivity index (χ3v) is 7.76. The molecule has 2 fully saturated rings. The molecule has 2 aliphatic rings. The number of phosphoric ester groups is 1. The summed E-state index contributed by atoms with van der Waals surface area (Å²) in [6.45, 7) is 0.922. The molecule has 2 aliphatic heterocycles. The molecule has 36 heavy (non-hydrogen) atoms. The molecule has 0 aromatic carbocycles. The van der Waals surface area contributed by atoms with Crippen LogP contribution < -0.4 is 22.7 Å². The second-order valence-electron chi connectivity index (χ2n) is 8.24. The average molecular weight is 547 g/mol. The Bertz CT molecular complexity index is 1310. The van der Waals surface area contributed by atoms with Crippen molar-refractivity contribution in [3.63, 3.8) is 0 Å². The van der Waals surface area contributed by atoms with Gasteiger partial charge in [-0.25, -0.2) is 14.2 Å². The van der Waals surface area contributed by atoms with Gasteiger partial charge in [0.2, 0.25) is 0 Å². The van der Waals surface area contributed by atoms with Gasteiger partial charge in [0.25, 0.3) is 5.56 Å². The number of nitrogens with zero attached hydrogens (tertiary/aromatic N) is 3. The zero-order valence-electron chi connectivity index (χ0n) is 19.1. The number of nitrogen functional groups attached to an aromatic ring is 1. The Hall–Kier alpha value is -2.30. The molecule has 0 aliphatic carbocycles. The van der Waals surface area contributed by atoms with E-state index >= 15 is 0 Å². The maximum absolute atomic E-state index is 12.6. The van der Waals surface area contributed by atoms with Crippen LogP contribution in [-0.4, -0.2) is 71.8 Å². The summed E-state index contributed by atoms with van der Waals surface area (Å²) in [5.41, 5.74) is 3.39. The van der Waals surface area contributed by atoms with Crippen molar-refractivity contribution in [3.05, 3.63) is 55.3 Å². The lowest BCUT2D eigenvalue weighted by molar-refractivity contribution is -0.0477. The topological polar surface area (TPSA) is 210 Å². The fraction of sp³-hybridized carbons (Fsp3) is 0.579. The van der Waals surface area contributed by atoms with Crippen LogP contribution in [0.1, 0.15) is 18.2 Å². The predicted octanol–water partition coefficient (Wildman–Crippen LogP) is -1.08. The van der Waals surface area contributed by atoms with Crippen LogP contribution in [0.15, 0.2) is 32.8 Å². The number of aryl methyl sites for hydroxylation is 1. The normalized spacial score (nSPS) is 27.8. The number of hydrogen-bond donors (Lipinski definition) is 4. The SMILES string of the molecule is Cc1cn([C@H]2C[C@@H](OP(=O)(O)OC[C@@H]3O[C@H](Cn4ccc(N)nc4=O)CS3)[C@@H](CO)O2)c(=O)[nH]c1=O. The number of aromatic amines is 1. The van der Waals surface area contributed by atoms with Gasteiger partial charge in [-0.05, 0) is 13.0 Å². The lowest BCUT2D eigenvalue weighted by atomic mass is 10.2. The number of aromatic nitrogens is 4. The minimum atomic E-state index is -4.60. The number of nitrogens with two attached hydrogens (primary N) is 1. The Morgan fingerprint density at radius 1 is 1.36 bits per heavy atom. The van der Waals surface area contributed by atoms with Crippen LogP contribution in [0, 0.1) is 6.92 Å². The van der Waals surface area contributed by atoms with E-state index in [0.29, 0.717) is 5.75 Å². The van der Waals surface area contributed by atoms with Crippen molar-refractivity contribution in [1.82, 2.24) is 19.1 Å². The third kappa shape index (κ3) is 6.33. The quantitative estimate of drug-likeness (QED) is 0.276. The second-order valence-corrected chi connectivity index (χ2v) is 10.8. The maximum Gasteiger partial charge on any atom is 0.472 e. The first kappa shape index (κ1) is 26.8. The van der Waals surface area contributed by atoms with Crippen molar-refractivity contribution in [2.24, 2.45) is 0 Å². The Balaban J connectivity index is 1.31. The summed E-state index contributed by atoms with van der Waals surface area (Å²) >= 11 is 1.34. The molecule has 0 bridgehead atoms. The van der Waals surface area contributed by atoms with E-state index in [1.54, 1.807) is 0 Å². The molecule has 2 saturated heterocycles. The lowest BCUT2D eigenvalue weighted by Gasteiger charge is -2.21. The number of nitrogens with one attached hydrogen (secondary N) is 1. The number of rotatable bonds is 9. The van der Waals surface area contributed by atoms with Gasteiger partial charge in [0.15, 0.2) is 0 Å². The molecule has 0 spiro atoms. The molecule has 0 amide bonds. The number of aliphatic hydroxyl groups excluding tert-OH is 1. The van der Waals surface area contributed by atoms with Crippen molar-refractivity contribution in [1.29, 1.82) is 0 Å². The summed E-state index contributed by atoms with van der Waals surface area (Å²) in [4.78, 5) is 51.7. The van der Waals surface area contributed by atoms with E-state index in [9.17, 15) is 28.9 Å². The highest BCUT2D eigenvalue weighted by Crippen LogP contribution is 2.49. The van der Waals surface area contributed by atoms with E-state index < -0.39 is 55.2 Å². The minimum absolute atomic E-state index is 0.0499. The molecule has 4 heterocycles. The Kier molecular flexibility index (Phi) is 8.16. The van der Waals surface area contributed by atoms with Crippen molar-refractivity contribution >= 4 is 25.4 Å². The number of aliphatic hydroxyl groups is 1. The van der Waals surface area contributed by atoms with Crippen molar-refractivity contribution in [2.45, 2.75) is 49.9 Å². The summed E-state index contributed by atoms with van der Waals surface area (Å²) < 4.78 is 36.8. The first-order valence-corrected chi connectivity index (χ1v) is 13.4. The molecular weight excluding hydrogens is 521 g/mol. The summed E-state index contributed by atoms with van der Waals surface area (Å²) in [6.07, 6.45) is -0.599. The lowest BCUT2D eigenvalue weighted by Crippen LogP contribution is -2.33. The van der Waals surface area contributed by atoms with Crippen LogP contribution in [0.5, 0.6) is 0 Å². The Morgan fingerprint density at radius 3 is 2.86 bits per heavy atom. The van der Waals surface area contributed by atoms with Crippen LogP contribution in [0.3, 0.4) is 0 Å². The van der Waals surface area contributed by atoms with Crippen molar-refractivity contribution < 1.29 is 33.1 Å². The number of ether oxygens (including phenoxy) is 2. The van der Waals surface area contributed by atoms with E-state index in [4.69, 9.17) is 24.3 Å². The Morgan fingerprint density at radius 2 is 2.14 bits per heavy atom. The molecule has 15 nitrogen and oxygen atoms in total. The summed E-state index contributed by atoms with van der Waals surface area (Å²) in [5.74, 6) is 0.630. The van der Waals surface area contributed by atoms with Crippen molar-refractivity contribution in [3.8, 4) is 0 Å². The highest BCUT2D eigenvalue weighted by Gasteiger charge is 2.42. The van der Waals surface area contributed by atoms with Crippen LogP contribution in [-0.2, 0) is 29.6 Å². The molecule has 1 unspecified atom stereocenters. The first-order valence-electron chi connectivity index (χ1n) is 10.9. The van der Waals surface area contributed by atoms with Crippen molar-refractivity contribution in [2.75, 3.05) is 24.7 Å². The van der Waals surface area contributed by atoms with E-state index in [2.05, 4.69) is 9.97 Å². The molecule has 17 heteroatoms. The zero-order valence-corrected chi connectivity index (χ0v) is 20.8. The average Bonchev–Trinajstić information content (AvgIpc) is 3.43. The van der Waals surface area contributed by atoms with E-state index in [0.717, 1.165) is 4.57 Å². The fourth-order valence-corrected chi connectivity index (χ4v) is 5.86. The minimum Gasteiger partial charge on any atom is -0.394 e. The highest BCUT2D eigenvalue weighted by molar-refractivity contribution is 8.00. The van der Waals surface area contributed by atoms with Gasteiger partial charge in [-0.1, -0.05) is 0 Å². The van der Waals surface area contributed by atoms with E-state index in [1.807, 2.05) is 0 Å². The zero-order chi connectivity index (χ0) is 26.0. The van der Waals surface area contributed by atoms with E-state index in [1.165, 1.54) is 41.7 Å². The second kappa shape index (κ2) is 11.0. The first-order chi connectivity index (χ1) is 17.0. The van der Waals surface area contributed by atoms with Gasteiger partial charge in [-0.15, -0.1) is 11.8 Å². The number of thioether (sulfide) groups is 1. The van der Waals surface area contributed by atoms with Gasteiger partial charge < -0.3 is 25.2 Å². The summed E-state index contributed by atoms with van der Waals surface area (Å²) in [5, 5.41) is 9.63. The summed E-state index contributed by atoms with van der Waals surface area (Å²) in [7, 11) is -4.60. The molecule has 198 valence electrons. The molecule has 6 atom stereocenters. The van der Waals surface area contributed by atoms with Gasteiger partial charge in [-0.3, -0.25) is 28.0 Å². The van der Waals surface area contributed by atoms with Crippen LogP contribution in [0.25, 0.3) is 0 Å². The van der Waals surface area contributed by atoms with Crippen LogP contribution in [0.4, 0.5) is 5.82 Å². The van der Waals surface area contributed by atoms with Gasteiger partial charge in [-0.2, -0.15) is 4.98 Å². The van der Waals surface area contributed by atoms with Gasteiger partial charge in [0.1, 0.15) is 29.7 Å². The van der Waals surface area contributed by atoms with Crippen LogP contribution in [0.2, 0.25) is 0 Å². The molecule has 2 aromatic heterocycles. The third-order valence-electron chi connectivity index (χ3n) is 5.57. The number of anilines is 1. The van der Waals surface area contributed by atoms with E-state index in [-0.39, 0.29) is 37.1 Å². The van der Waals surface area contributed by atoms with Gasteiger partial charge in [0.05, 0.1) is 25.9 Å². The molecule has 5 N–H and O–H groups in total. The molecule has 0 radical (unpaired) electrons. The Labute approximate surface area is 207 Å².